The summed E-state index contributed by atoms with van der Waals surface area (Å²) in [7, 11) is -3.06. The summed E-state index contributed by atoms with van der Waals surface area (Å²) in [4.78, 5) is 9.40. The van der Waals surface area contributed by atoms with Gasteiger partial charge in [-0.2, -0.15) is 0 Å². The minimum atomic E-state index is -3.06. The number of guanidine groups is 1. The second kappa shape index (κ2) is 9.47. The predicted molar refractivity (Wildman–Crippen MR) is 120 cm³/mol. The number of nitrogens with zero attached hydrogens (tertiary/aromatic N) is 3. The maximum absolute atomic E-state index is 12.3. The Morgan fingerprint density at radius 1 is 1.07 bits per heavy atom. The Morgan fingerprint density at radius 2 is 1.72 bits per heavy atom. The lowest BCUT2D eigenvalue weighted by atomic mass is 10.1. The predicted octanol–water partition coefficient (Wildman–Crippen LogP) is 2.65. The highest BCUT2D eigenvalue weighted by Crippen LogP contribution is 2.24. The molecule has 1 aromatic carbocycles. The van der Waals surface area contributed by atoms with Crippen molar-refractivity contribution in [1.29, 1.82) is 0 Å². The van der Waals surface area contributed by atoms with Gasteiger partial charge in [0.2, 0.25) is 0 Å². The average molecular weight is 421 g/mol. The monoisotopic (exact) mass is 420 g/mol. The Hall–Kier alpha value is -1.60. The normalized spacial score (nSPS) is 22.4. The molecule has 7 heteroatoms. The molecule has 0 aliphatic carbocycles. The van der Waals surface area contributed by atoms with E-state index in [4.69, 9.17) is 4.99 Å². The van der Waals surface area contributed by atoms with Crippen molar-refractivity contribution in [3.63, 3.8) is 0 Å². The van der Waals surface area contributed by atoms with Gasteiger partial charge in [-0.3, -0.25) is 4.90 Å². The second-order valence-electron chi connectivity index (χ2n) is 8.82. The average Bonchev–Trinajstić information content (AvgIpc) is 2.69. The molecule has 2 aliphatic rings. The third-order valence-corrected chi connectivity index (χ3v) is 8.50. The summed E-state index contributed by atoms with van der Waals surface area (Å²) in [5.41, 5.74) is 2.53. The van der Waals surface area contributed by atoms with Gasteiger partial charge in [-0.25, -0.2) is 13.4 Å². The van der Waals surface area contributed by atoms with Crippen LogP contribution in [0.3, 0.4) is 0 Å². The number of benzene rings is 1. The summed E-state index contributed by atoms with van der Waals surface area (Å²) in [6.45, 7) is 11.4. The maximum atomic E-state index is 12.3. The zero-order chi connectivity index (χ0) is 20.9. The lowest BCUT2D eigenvalue weighted by molar-refractivity contribution is 0.221. The van der Waals surface area contributed by atoms with E-state index < -0.39 is 14.6 Å². The van der Waals surface area contributed by atoms with E-state index in [0.717, 1.165) is 19.0 Å². The summed E-state index contributed by atoms with van der Waals surface area (Å²) < 4.78 is 23.8. The molecule has 1 N–H and O–H groups in total. The number of sulfone groups is 1. The molecule has 0 atom stereocenters. The standard InChI is InChI=1S/C22H36N4O2S/c1-4-23-21(26-14-15-29(27,28)22(2,3)18-26)24-16-19-8-10-20(11-9-19)17-25-12-6-5-7-13-25/h8-11H,4-7,12-18H2,1-3H3,(H,23,24). The van der Waals surface area contributed by atoms with Crippen molar-refractivity contribution in [3.8, 4) is 0 Å². The number of aliphatic imine (C=N–C) groups is 1. The van der Waals surface area contributed by atoms with Crippen molar-refractivity contribution >= 4 is 15.8 Å². The highest BCUT2D eigenvalue weighted by Gasteiger charge is 2.40. The minimum absolute atomic E-state index is 0.176. The van der Waals surface area contributed by atoms with Gasteiger partial charge in [0.25, 0.3) is 0 Å². The van der Waals surface area contributed by atoms with E-state index in [0.29, 0.717) is 19.6 Å². The van der Waals surface area contributed by atoms with Gasteiger partial charge >= 0.3 is 0 Å². The van der Waals surface area contributed by atoms with Gasteiger partial charge < -0.3 is 10.2 Å². The molecule has 3 rings (SSSR count). The van der Waals surface area contributed by atoms with Crippen LogP contribution in [0.1, 0.15) is 51.2 Å². The fourth-order valence-corrected chi connectivity index (χ4v) is 5.41. The summed E-state index contributed by atoms with van der Waals surface area (Å²) in [5.74, 6) is 0.975. The van der Waals surface area contributed by atoms with Crippen LogP contribution in [0.15, 0.2) is 29.3 Å². The highest BCUT2D eigenvalue weighted by molar-refractivity contribution is 7.92. The number of rotatable bonds is 5. The maximum Gasteiger partial charge on any atom is 0.194 e. The molecule has 0 unspecified atom stereocenters. The quantitative estimate of drug-likeness (QED) is 0.586. The van der Waals surface area contributed by atoms with Gasteiger partial charge in [0.15, 0.2) is 15.8 Å². The van der Waals surface area contributed by atoms with Crippen LogP contribution in [0.25, 0.3) is 0 Å². The first-order chi connectivity index (χ1) is 13.8. The smallest absolute Gasteiger partial charge is 0.194 e. The molecule has 0 spiro atoms. The first-order valence-corrected chi connectivity index (χ1v) is 12.5. The van der Waals surface area contributed by atoms with Crippen molar-refractivity contribution in [2.75, 3.05) is 38.5 Å². The third-order valence-electron chi connectivity index (χ3n) is 5.97. The van der Waals surface area contributed by atoms with E-state index in [-0.39, 0.29) is 5.75 Å². The van der Waals surface area contributed by atoms with Crippen molar-refractivity contribution < 1.29 is 8.42 Å². The SMILES string of the molecule is CCNC(=NCc1ccc(CN2CCCCC2)cc1)N1CCS(=O)(=O)C(C)(C)C1. The molecule has 2 fully saturated rings. The molecule has 0 amide bonds. The fourth-order valence-electron chi connectivity index (χ4n) is 4.04. The zero-order valence-electron chi connectivity index (χ0n) is 18.2. The highest BCUT2D eigenvalue weighted by atomic mass is 32.2. The molecule has 0 aromatic heterocycles. The molecule has 2 heterocycles. The second-order valence-corrected chi connectivity index (χ2v) is 11.6. The molecule has 0 radical (unpaired) electrons. The Kier molecular flexibility index (Phi) is 7.22. The molecule has 0 bridgehead atoms. The number of piperidine rings is 1. The summed E-state index contributed by atoms with van der Waals surface area (Å²) >= 11 is 0. The largest absolute Gasteiger partial charge is 0.357 e. The van der Waals surface area contributed by atoms with Crippen LogP contribution < -0.4 is 5.32 Å². The van der Waals surface area contributed by atoms with Crippen LogP contribution in [0.5, 0.6) is 0 Å². The van der Waals surface area contributed by atoms with Crippen LogP contribution in [0.2, 0.25) is 0 Å². The molecule has 0 saturated carbocycles. The molecule has 2 saturated heterocycles. The van der Waals surface area contributed by atoms with Gasteiger partial charge in [-0.15, -0.1) is 0 Å². The van der Waals surface area contributed by atoms with E-state index in [1.54, 1.807) is 13.8 Å². The van der Waals surface area contributed by atoms with Gasteiger partial charge in [0, 0.05) is 26.2 Å². The van der Waals surface area contributed by atoms with E-state index in [1.807, 2.05) is 6.92 Å². The zero-order valence-corrected chi connectivity index (χ0v) is 19.0. The molecule has 162 valence electrons. The molecule has 2 aliphatic heterocycles. The van der Waals surface area contributed by atoms with Crippen molar-refractivity contribution in [2.45, 2.75) is 57.9 Å². The number of hydrogen-bond donors (Lipinski definition) is 1. The lowest BCUT2D eigenvalue weighted by Crippen LogP contribution is -2.57. The van der Waals surface area contributed by atoms with Gasteiger partial charge in [-0.05, 0) is 57.8 Å². The molecule has 1 aromatic rings. The Morgan fingerprint density at radius 3 is 2.34 bits per heavy atom. The van der Waals surface area contributed by atoms with Crippen LogP contribution >= 0.6 is 0 Å². The van der Waals surface area contributed by atoms with Crippen molar-refractivity contribution in [1.82, 2.24) is 15.1 Å². The lowest BCUT2D eigenvalue weighted by Gasteiger charge is -2.39. The fraction of sp³-hybridized carbons (Fsp3) is 0.682. The topological polar surface area (TPSA) is 65.0 Å². The van der Waals surface area contributed by atoms with Gasteiger partial charge in [0.1, 0.15) is 0 Å². The summed E-state index contributed by atoms with van der Waals surface area (Å²) in [6.07, 6.45) is 3.99. The number of hydrogen-bond acceptors (Lipinski definition) is 4. The number of likely N-dealkylation sites (tertiary alicyclic amines) is 1. The van der Waals surface area contributed by atoms with E-state index in [9.17, 15) is 8.42 Å². The molecular weight excluding hydrogens is 384 g/mol. The first-order valence-electron chi connectivity index (χ1n) is 10.9. The number of nitrogens with one attached hydrogen (secondary N) is 1. The van der Waals surface area contributed by atoms with E-state index in [2.05, 4.69) is 39.4 Å². The molecular formula is C22H36N4O2S. The van der Waals surface area contributed by atoms with Crippen LogP contribution in [0.4, 0.5) is 0 Å². The first kappa shape index (κ1) is 22.1. The Balaban J connectivity index is 1.62. The third kappa shape index (κ3) is 5.72. The van der Waals surface area contributed by atoms with Crippen LogP contribution in [0, 0.1) is 0 Å². The molecule has 6 nitrogen and oxygen atoms in total. The Bertz CT molecular complexity index is 797. The molecule has 29 heavy (non-hydrogen) atoms. The summed E-state index contributed by atoms with van der Waals surface area (Å²) in [6, 6.07) is 8.75. The van der Waals surface area contributed by atoms with E-state index >= 15 is 0 Å². The van der Waals surface area contributed by atoms with Crippen molar-refractivity contribution in [3.05, 3.63) is 35.4 Å². The summed E-state index contributed by atoms with van der Waals surface area (Å²) in [5, 5.41) is 3.33. The van der Waals surface area contributed by atoms with E-state index in [1.165, 1.54) is 43.5 Å². The van der Waals surface area contributed by atoms with Gasteiger partial charge in [-0.1, -0.05) is 30.7 Å². The van der Waals surface area contributed by atoms with Crippen LogP contribution in [-0.2, 0) is 22.9 Å². The van der Waals surface area contributed by atoms with Gasteiger partial charge in [0.05, 0.1) is 17.0 Å². The minimum Gasteiger partial charge on any atom is -0.357 e. The van der Waals surface area contributed by atoms with Crippen LogP contribution in [-0.4, -0.2) is 67.4 Å². The van der Waals surface area contributed by atoms with Crippen molar-refractivity contribution in [2.24, 2.45) is 4.99 Å². The Labute approximate surface area is 176 Å².